The first-order chi connectivity index (χ1) is 17.9. The first kappa shape index (κ1) is 24.7. The first-order valence-corrected chi connectivity index (χ1v) is 15.4. The zero-order valence-electron chi connectivity index (χ0n) is 21.2. The molecule has 1 N–H and O–H groups in total. The summed E-state index contributed by atoms with van der Waals surface area (Å²) in [6, 6.07) is 10.8. The molecule has 3 aromatic heterocycles. The molecular weight excluding hydrogens is 508 g/mol. The van der Waals surface area contributed by atoms with Crippen molar-refractivity contribution < 1.29 is 13.2 Å². The molecular formula is C26H32N6O3S2. The van der Waals surface area contributed by atoms with Crippen LogP contribution in [0.5, 0.6) is 0 Å². The predicted octanol–water partition coefficient (Wildman–Crippen LogP) is 3.53. The maximum Gasteiger partial charge on any atom is 0.211 e. The van der Waals surface area contributed by atoms with E-state index in [2.05, 4.69) is 46.1 Å². The van der Waals surface area contributed by atoms with Crippen molar-refractivity contribution in [1.82, 2.24) is 24.2 Å². The summed E-state index contributed by atoms with van der Waals surface area (Å²) < 4.78 is 32.1. The number of morpholine rings is 1. The number of aromatic amines is 1. The van der Waals surface area contributed by atoms with Crippen LogP contribution in [0.25, 0.3) is 32.5 Å². The van der Waals surface area contributed by atoms with Gasteiger partial charge in [0.25, 0.3) is 0 Å². The Labute approximate surface area is 221 Å². The smallest absolute Gasteiger partial charge is 0.211 e. The van der Waals surface area contributed by atoms with Crippen molar-refractivity contribution in [2.24, 2.45) is 0 Å². The number of ether oxygens (including phenoxy) is 1. The Bertz CT molecular complexity index is 1520. The van der Waals surface area contributed by atoms with Crippen LogP contribution in [0.3, 0.4) is 0 Å². The Morgan fingerprint density at radius 1 is 1.14 bits per heavy atom. The van der Waals surface area contributed by atoms with Crippen molar-refractivity contribution in [3.05, 3.63) is 41.4 Å². The highest BCUT2D eigenvalue weighted by Gasteiger charge is 2.28. The third-order valence-corrected chi connectivity index (χ3v) is 9.88. The molecule has 2 aliphatic rings. The second kappa shape index (κ2) is 9.95. The van der Waals surface area contributed by atoms with Gasteiger partial charge in [-0.05, 0) is 38.1 Å². The van der Waals surface area contributed by atoms with Crippen molar-refractivity contribution in [2.75, 3.05) is 57.6 Å². The zero-order chi connectivity index (χ0) is 25.6. The van der Waals surface area contributed by atoms with E-state index in [9.17, 15) is 8.42 Å². The average molecular weight is 541 g/mol. The lowest BCUT2D eigenvalue weighted by Gasteiger charge is -2.35. The molecule has 5 heterocycles. The van der Waals surface area contributed by atoms with Crippen LogP contribution in [-0.4, -0.2) is 91.3 Å². The van der Waals surface area contributed by atoms with E-state index in [0.717, 1.165) is 70.8 Å². The van der Waals surface area contributed by atoms with E-state index in [4.69, 9.17) is 14.7 Å². The van der Waals surface area contributed by atoms with Gasteiger partial charge in [0.2, 0.25) is 10.0 Å². The number of benzene rings is 1. The molecule has 2 saturated heterocycles. The van der Waals surface area contributed by atoms with Gasteiger partial charge in [0.1, 0.15) is 0 Å². The van der Waals surface area contributed by atoms with Gasteiger partial charge in [-0.25, -0.2) is 22.7 Å². The number of H-pyrrole nitrogens is 1. The number of thiophene rings is 1. The Hall–Kier alpha value is -2.57. The Morgan fingerprint density at radius 2 is 1.92 bits per heavy atom. The van der Waals surface area contributed by atoms with Gasteiger partial charge in [0.05, 0.1) is 29.7 Å². The van der Waals surface area contributed by atoms with Gasteiger partial charge in [-0.1, -0.05) is 12.1 Å². The fourth-order valence-electron chi connectivity index (χ4n) is 5.42. The third-order valence-electron chi connectivity index (χ3n) is 7.47. The summed E-state index contributed by atoms with van der Waals surface area (Å²) in [5.41, 5.74) is 3.07. The van der Waals surface area contributed by atoms with Crippen LogP contribution < -0.4 is 4.90 Å². The number of piperidine rings is 1. The fourth-order valence-corrected chi connectivity index (χ4v) is 7.47. The molecule has 0 unspecified atom stereocenters. The van der Waals surface area contributed by atoms with Crippen LogP contribution >= 0.6 is 11.3 Å². The number of nitrogens with zero attached hydrogens (tertiary/aromatic N) is 5. The van der Waals surface area contributed by atoms with Crippen molar-refractivity contribution >= 4 is 48.3 Å². The molecule has 196 valence electrons. The minimum Gasteiger partial charge on any atom is -0.378 e. The van der Waals surface area contributed by atoms with E-state index in [1.165, 1.54) is 11.1 Å². The molecule has 9 nitrogen and oxygen atoms in total. The third kappa shape index (κ3) is 4.98. The van der Waals surface area contributed by atoms with Crippen LogP contribution in [0.1, 0.15) is 17.7 Å². The number of anilines is 1. The number of hydrogen-bond acceptors (Lipinski definition) is 8. The van der Waals surface area contributed by atoms with Gasteiger partial charge in [0.15, 0.2) is 11.6 Å². The van der Waals surface area contributed by atoms with Gasteiger partial charge in [0, 0.05) is 66.3 Å². The first-order valence-electron chi connectivity index (χ1n) is 12.7. The molecule has 0 bridgehead atoms. The Kier molecular flexibility index (Phi) is 6.66. The SMILES string of the molecule is CN(Cc1cc2nc(-c3cccc4[nH]ccc34)nc(N3CCOCC3)c2s1)C1CCN(S(C)(=O)=O)CC1. The quantitative estimate of drug-likeness (QED) is 0.400. The molecule has 37 heavy (non-hydrogen) atoms. The number of rotatable bonds is 6. The summed E-state index contributed by atoms with van der Waals surface area (Å²) in [6.45, 7) is 4.98. The van der Waals surface area contributed by atoms with Crippen LogP contribution in [0.4, 0.5) is 5.82 Å². The summed E-state index contributed by atoms with van der Waals surface area (Å²) in [5.74, 6) is 1.72. The average Bonchev–Trinajstić information content (AvgIpc) is 3.54. The lowest BCUT2D eigenvalue weighted by molar-refractivity contribution is 0.122. The minimum atomic E-state index is -3.12. The number of sulfonamides is 1. The van der Waals surface area contributed by atoms with Gasteiger partial charge < -0.3 is 14.6 Å². The molecule has 0 spiro atoms. The standard InChI is InChI=1S/C26H32N6O3S2/c1-30(18-7-10-32(11-8-18)37(2,33)34)17-19-16-23-24(36-19)26(31-12-14-35-15-13-31)29-25(28-23)21-4-3-5-22-20(21)6-9-27-22/h3-6,9,16,18,27H,7-8,10-15,17H2,1-2H3. The summed E-state index contributed by atoms with van der Waals surface area (Å²) in [7, 11) is -0.981. The topological polar surface area (TPSA) is 94.7 Å². The van der Waals surface area contributed by atoms with E-state index in [0.29, 0.717) is 32.3 Å². The molecule has 11 heteroatoms. The molecule has 0 radical (unpaired) electrons. The van der Waals surface area contributed by atoms with Crippen LogP contribution in [0.2, 0.25) is 0 Å². The number of hydrogen-bond donors (Lipinski definition) is 1. The van der Waals surface area contributed by atoms with E-state index in [1.807, 2.05) is 12.3 Å². The number of fused-ring (bicyclic) bond motifs is 2. The maximum absolute atomic E-state index is 11.9. The fraction of sp³-hybridized carbons (Fsp3) is 0.462. The molecule has 0 atom stereocenters. The highest BCUT2D eigenvalue weighted by atomic mass is 32.2. The summed E-state index contributed by atoms with van der Waals surface area (Å²) in [4.78, 5) is 19.4. The van der Waals surface area contributed by atoms with Crippen molar-refractivity contribution in [3.63, 3.8) is 0 Å². The minimum absolute atomic E-state index is 0.356. The highest BCUT2D eigenvalue weighted by molar-refractivity contribution is 7.88. The van der Waals surface area contributed by atoms with Crippen molar-refractivity contribution in [2.45, 2.75) is 25.4 Å². The maximum atomic E-state index is 11.9. The van der Waals surface area contributed by atoms with Gasteiger partial charge in [-0.3, -0.25) is 4.90 Å². The molecule has 6 rings (SSSR count). The van der Waals surface area contributed by atoms with Gasteiger partial charge in [-0.15, -0.1) is 11.3 Å². The second-order valence-corrected chi connectivity index (χ2v) is 13.1. The zero-order valence-corrected chi connectivity index (χ0v) is 22.8. The van der Waals surface area contributed by atoms with E-state index >= 15 is 0 Å². The Balaban J connectivity index is 1.32. The lowest BCUT2D eigenvalue weighted by atomic mass is 10.1. The predicted molar refractivity (Wildman–Crippen MR) is 149 cm³/mol. The molecule has 0 aliphatic carbocycles. The molecule has 4 aromatic rings. The molecule has 1 aromatic carbocycles. The normalized spacial score (nSPS) is 18.4. The van der Waals surface area contributed by atoms with Crippen molar-refractivity contribution in [3.8, 4) is 11.4 Å². The van der Waals surface area contributed by atoms with Crippen LogP contribution in [-0.2, 0) is 21.3 Å². The summed E-state index contributed by atoms with van der Waals surface area (Å²) in [5, 5.41) is 1.12. The monoisotopic (exact) mass is 540 g/mol. The van der Waals surface area contributed by atoms with E-state index in [-0.39, 0.29) is 0 Å². The molecule has 0 amide bonds. The molecule has 2 fully saturated rings. The highest BCUT2D eigenvalue weighted by Crippen LogP contribution is 2.36. The molecule has 2 aliphatic heterocycles. The van der Waals surface area contributed by atoms with Crippen LogP contribution in [0, 0.1) is 0 Å². The van der Waals surface area contributed by atoms with E-state index < -0.39 is 10.0 Å². The number of aromatic nitrogens is 3. The number of nitrogens with one attached hydrogen (secondary N) is 1. The van der Waals surface area contributed by atoms with Crippen molar-refractivity contribution in [1.29, 1.82) is 0 Å². The lowest BCUT2D eigenvalue weighted by Crippen LogP contribution is -2.44. The van der Waals surface area contributed by atoms with Crippen LogP contribution in [0.15, 0.2) is 36.5 Å². The summed E-state index contributed by atoms with van der Waals surface area (Å²) in [6.07, 6.45) is 4.94. The second-order valence-electron chi connectivity index (χ2n) is 9.95. The van der Waals surface area contributed by atoms with Gasteiger partial charge >= 0.3 is 0 Å². The largest absolute Gasteiger partial charge is 0.378 e. The van der Waals surface area contributed by atoms with E-state index in [1.54, 1.807) is 15.6 Å². The molecule has 0 saturated carbocycles. The Morgan fingerprint density at radius 3 is 2.68 bits per heavy atom. The summed E-state index contributed by atoms with van der Waals surface area (Å²) >= 11 is 1.76. The van der Waals surface area contributed by atoms with Gasteiger partial charge in [-0.2, -0.15) is 0 Å².